The average Bonchev–Trinajstić information content (AvgIpc) is 3.30. The molecule has 1 N–H and O–H groups in total. The fraction of sp³-hybridized carbons (Fsp3) is 0.333. The minimum atomic E-state index is -0.0143. The Morgan fingerprint density at radius 1 is 0.973 bits per heavy atom. The van der Waals surface area contributed by atoms with Crippen molar-refractivity contribution >= 4 is 16.9 Å². The first-order valence-corrected chi connectivity index (χ1v) is 12.9. The molecular formula is C30H32N4O3. The second-order valence-electron chi connectivity index (χ2n) is 10.1. The molecule has 2 aliphatic rings. The zero-order valence-electron chi connectivity index (χ0n) is 21.6. The van der Waals surface area contributed by atoms with E-state index in [2.05, 4.69) is 41.2 Å². The van der Waals surface area contributed by atoms with E-state index in [1.807, 2.05) is 30.6 Å². The predicted molar refractivity (Wildman–Crippen MR) is 145 cm³/mol. The summed E-state index contributed by atoms with van der Waals surface area (Å²) in [5, 5.41) is 1.02. The molecule has 1 saturated heterocycles. The second-order valence-corrected chi connectivity index (χ2v) is 10.1. The number of fused-ring (bicyclic) bond motifs is 2. The maximum atomic E-state index is 12.7. The van der Waals surface area contributed by atoms with Crippen molar-refractivity contribution in [2.45, 2.75) is 18.8 Å². The maximum absolute atomic E-state index is 12.7. The summed E-state index contributed by atoms with van der Waals surface area (Å²) < 4.78 is 11.8. The number of hydrogen-bond acceptors (Lipinski definition) is 5. The number of H-pyrrole nitrogens is 1. The van der Waals surface area contributed by atoms with E-state index in [-0.39, 0.29) is 5.91 Å². The topological polar surface area (TPSA) is 70.7 Å². The first-order valence-electron chi connectivity index (χ1n) is 12.9. The van der Waals surface area contributed by atoms with E-state index in [0.29, 0.717) is 30.4 Å². The van der Waals surface area contributed by atoms with Crippen molar-refractivity contribution in [1.82, 2.24) is 19.8 Å². The van der Waals surface area contributed by atoms with Crippen LogP contribution in [-0.4, -0.2) is 73.1 Å². The van der Waals surface area contributed by atoms with Crippen LogP contribution >= 0.6 is 0 Å². The lowest BCUT2D eigenvalue weighted by Crippen LogP contribution is -2.29. The summed E-state index contributed by atoms with van der Waals surface area (Å²) in [5.74, 6) is 2.08. The smallest absolute Gasteiger partial charge is 0.257 e. The number of rotatable bonds is 4. The highest BCUT2D eigenvalue weighted by Crippen LogP contribution is 2.38. The van der Waals surface area contributed by atoms with E-state index in [1.165, 1.54) is 5.56 Å². The van der Waals surface area contributed by atoms with Gasteiger partial charge < -0.3 is 24.3 Å². The van der Waals surface area contributed by atoms with Crippen LogP contribution in [0.15, 0.2) is 54.9 Å². The summed E-state index contributed by atoms with van der Waals surface area (Å²) in [6, 6.07) is 14.5. The molecule has 4 aromatic rings. The number of aromatic amines is 1. The number of likely N-dealkylation sites (N-methyl/N-ethyl adjacent to an activating group) is 1. The fourth-order valence-corrected chi connectivity index (χ4v) is 5.53. The lowest BCUT2D eigenvalue weighted by atomic mass is 9.88. The molecule has 0 saturated carbocycles. The number of pyridine rings is 1. The number of carbonyl (C=O) groups excluding carboxylic acids is 1. The van der Waals surface area contributed by atoms with Gasteiger partial charge >= 0.3 is 0 Å². The molecule has 6 rings (SSSR count). The van der Waals surface area contributed by atoms with Crippen molar-refractivity contribution < 1.29 is 14.3 Å². The minimum Gasteiger partial charge on any atom is -0.496 e. The Kier molecular flexibility index (Phi) is 6.08. The van der Waals surface area contributed by atoms with Crippen LogP contribution in [0.5, 0.6) is 11.5 Å². The predicted octanol–water partition coefficient (Wildman–Crippen LogP) is 5.18. The van der Waals surface area contributed by atoms with Crippen LogP contribution in [0.2, 0.25) is 0 Å². The number of carbonyl (C=O) groups is 1. The lowest BCUT2D eigenvalue weighted by Gasteiger charge is -2.30. The molecule has 37 heavy (non-hydrogen) atoms. The number of methoxy groups -OCH3 is 1. The number of ether oxygens (including phenoxy) is 2. The molecule has 7 nitrogen and oxygen atoms in total. The van der Waals surface area contributed by atoms with E-state index in [0.717, 1.165) is 65.0 Å². The maximum Gasteiger partial charge on any atom is 0.257 e. The van der Waals surface area contributed by atoms with Gasteiger partial charge in [-0.1, -0.05) is 18.2 Å². The van der Waals surface area contributed by atoms with Gasteiger partial charge in [-0.05, 0) is 79.9 Å². The van der Waals surface area contributed by atoms with Gasteiger partial charge in [-0.15, -0.1) is 0 Å². The summed E-state index contributed by atoms with van der Waals surface area (Å²) >= 11 is 0. The van der Waals surface area contributed by atoms with Crippen LogP contribution in [0.3, 0.4) is 0 Å². The van der Waals surface area contributed by atoms with E-state index < -0.39 is 0 Å². The van der Waals surface area contributed by atoms with Gasteiger partial charge in [-0.3, -0.25) is 4.79 Å². The van der Waals surface area contributed by atoms with Crippen LogP contribution in [0, 0.1) is 0 Å². The van der Waals surface area contributed by atoms with Gasteiger partial charge in [0.25, 0.3) is 5.91 Å². The van der Waals surface area contributed by atoms with E-state index in [9.17, 15) is 4.79 Å². The number of piperidine rings is 1. The highest BCUT2D eigenvalue weighted by molar-refractivity contribution is 6.00. The minimum absolute atomic E-state index is 0.0143. The molecule has 2 aliphatic heterocycles. The molecule has 1 amide bonds. The van der Waals surface area contributed by atoms with Crippen LogP contribution < -0.4 is 9.47 Å². The van der Waals surface area contributed by atoms with E-state index in [4.69, 9.17) is 14.5 Å². The summed E-state index contributed by atoms with van der Waals surface area (Å²) in [6.07, 6.45) is 6.18. The molecule has 0 bridgehead atoms. The third kappa shape index (κ3) is 4.33. The molecule has 7 heteroatoms. The summed E-state index contributed by atoms with van der Waals surface area (Å²) in [6.45, 7) is 3.28. The molecule has 0 unspecified atom stereocenters. The average molecular weight is 497 g/mol. The standard InChI is InChI=1S/C30H32N4O3/c1-33-10-8-19(9-11-33)23-6-4-20(15-27(23)36-3)22-14-25-26(18-32-29(25)31-17-22)21-5-7-24-28(16-21)37-13-12-34(2)30(24)35/h4-7,14-19H,8-13H2,1-3H3,(H,31,32). The highest BCUT2D eigenvalue weighted by atomic mass is 16.5. The molecule has 190 valence electrons. The van der Waals surface area contributed by atoms with Gasteiger partial charge in [0.15, 0.2) is 0 Å². The summed E-state index contributed by atoms with van der Waals surface area (Å²) in [7, 11) is 5.74. The van der Waals surface area contributed by atoms with Crippen molar-refractivity contribution in [3.8, 4) is 33.8 Å². The molecule has 2 aromatic heterocycles. The first-order chi connectivity index (χ1) is 18.0. The van der Waals surface area contributed by atoms with Gasteiger partial charge in [0.2, 0.25) is 0 Å². The Hall–Kier alpha value is -3.84. The molecule has 0 atom stereocenters. The van der Waals surface area contributed by atoms with Gasteiger partial charge in [-0.2, -0.15) is 0 Å². The molecule has 0 aliphatic carbocycles. The van der Waals surface area contributed by atoms with Gasteiger partial charge in [0.05, 0.1) is 19.2 Å². The summed E-state index contributed by atoms with van der Waals surface area (Å²) in [5.41, 5.74) is 6.82. The van der Waals surface area contributed by atoms with Crippen molar-refractivity contribution in [1.29, 1.82) is 0 Å². The third-order valence-corrected chi connectivity index (χ3v) is 7.81. The van der Waals surface area contributed by atoms with Crippen molar-refractivity contribution in [3.05, 3.63) is 66.0 Å². The van der Waals surface area contributed by atoms with E-state index >= 15 is 0 Å². The normalized spacial score (nSPS) is 16.9. The molecule has 0 spiro atoms. The van der Waals surface area contributed by atoms with Crippen molar-refractivity contribution in [2.24, 2.45) is 0 Å². The van der Waals surface area contributed by atoms with Gasteiger partial charge in [0.1, 0.15) is 23.8 Å². The molecular weight excluding hydrogens is 464 g/mol. The van der Waals surface area contributed by atoms with E-state index in [1.54, 1.807) is 19.1 Å². The number of hydrogen-bond donors (Lipinski definition) is 1. The Morgan fingerprint density at radius 3 is 2.59 bits per heavy atom. The first kappa shape index (κ1) is 23.6. The largest absolute Gasteiger partial charge is 0.496 e. The number of amides is 1. The van der Waals surface area contributed by atoms with Crippen LogP contribution in [-0.2, 0) is 0 Å². The molecule has 1 fully saturated rings. The second kappa shape index (κ2) is 9.56. The lowest BCUT2D eigenvalue weighted by molar-refractivity contribution is 0.0796. The van der Waals surface area contributed by atoms with Gasteiger partial charge in [-0.25, -0.2) is 4.98 Å². The fourth-order valence-electron chi connectivity index (χ4n) is 5.53. The Balaban J connectivity index is 1.35. The zero-order valence-corrected chi connectivity index (χ0v) is 21.6. The quantitative estimate of drug-likeness (QED) is 0.422. The Morgan fingerprint density at radius 2 is 1.78 bits per heavy atom. The molecule has 0 radical (unpaired) electrons. The van der Waals surface area contributed by atoms with Crippen LogP contribution in [0.25, 0.3) is 33.3 Å². The van der Waals surface area contributed by atoms with Crippen LogP contribution in [0.4, 0.5) is 0 Å². The monoisotopic (exact) mass is 496 g/mol. The van der Waals surface area contributed by atoms with Gasteiger partial charge in [0, 0.05) is 36.0 Å². The molecule has 4 heterocycles. The highest BCUT2D eigenvalue weighted by Gasteiger charge is 2.23. The zero-order chi connectivity index (χ0) is 25.5. The number of aromatic nitrogens is 2. The third-order valence-electron chi connectivity index (χ3n) is 7.81. The summed E-state index contributed by atoms with van der Waals surface area (Å²) in [4.78, 5) is 24.7. The SMILES string of the molecule is COc1cc(-c2cnc3[nH]cc(-c4ccc5c(c4)OCCN(C)C5=O)c3c2)ccc1C1CCN(C)CC1. The number of benzene rings is 2. The number of likely N-dealkylation sites (tertiary alicyclic amines) is 1. The Labute approximate surface area is 217 Å². The molecule has 2 aromatic carbocycles. The van der Waals surface area contributed by atoms with Crippen molar-refractivity contribution in [2.75, 3.05) is 47.4 Å². The number of nitrogens with one attached hydrogen (secondary N) is 1. The van der Waals surface area contributed by atoms with Crippen molar-refractivity contribution in [3.63, 3.8) is 0 Å². The number of nitrogens with zero attached hydrogens (tertiary/aromatic N) is 3. The van der Waals surface area contributed by atoms with Crippen LogP contribution in [0.1, 0.15) is 34.7 Å². The Bertz CT molecular complexity index is 1470.